The molecule has 252 valence electrons. The first-order valence-electron chi connectivity index (χ1n) is 16.4. The van der Waals surface area contributed by atoms with Gasteiger partial charge in [-0.1, -0.05) is 93.6 Å². The van der Waals surface area contributed by atoms with E-state index < -0.39 is 29.6 Å². The lowest BCUT2D eigenvalue weighted by Crippen LogP contribution is -2.60. The average molecular weight is 660 g/mol. The van der Waals surface area contributed by atoms with Crippen LogP contribution < -0.4 is 21.3 Å². The summed E-state index contributed by atoms with van der Waals surface area (Å²) in [7, 11) is 1.69. The van der Waals surface area contributed by atoms with Crippen LogP contribution >= 0.6 is 12.6 Å². The number of rotatable bonds is 13. The highest BCUT2D eigenvalue weighted by Gasteiger charge is 2.45. The zero-order chi connectivity index (χ0) is 34.1. The molecule has 0 saturated carbocycles. The summed E-state index contributed by atoms with van der Waals surface area (Å²) >= 11 is 4.24. The Bertz CT molecular complexity index is 1540. The van der Waals surface area contributed by atoms with Crippen LogP contribution in [0.2, 0.25) is 0 Å². The smallest absolute Gasteiger partial charge is 0.246 e. The van der Waals surface area contributed by atoms with E-state index in [9.17, 15) is 19.2 Å². The third kappa shape index (κ3) is 9.35. The van der Waals surface area contributed by atoms with Gasteiger partial charge in [0.1, 0.15) is 18.1 Å². The van der Waals surface area contributed by atoms with Crippen molar-refractivity contribution in [2.24, 2.45) is 11.3 Å². The number of likely N-dealkylation sites (tertiary alicyclic amines) is 1. The van der Waals surface area contributed by atoms with Crippen LogP contribution in [0.1, 0.15) is 45.2 Å². The van der Waals surface area contributed by atoms with Gasteiger partial charge >= 0.3 is 0 Å². The molecule has 1 aliphatic rings. The lowest BCUT2D eigenvalue weighted by atomic mass is 9.85. The second-order valence-corrected chi connectivity index (χ2v) is 14.0. The van der Waals surface area contributed by atoms with Gasteiger partial charge in [-0.05, 0) is 60.0 Å². The quantitative estimate of drug-likeness (QED) is 0.180. The van der Waals surface area contributed by atoms with Crippen molar-refractivity contribution in [2.75, 3.05) is 25.9 Å². The molecule has 0 aliphatic carbocycles. The molecule has 1 fully saturated rings. The number of carbonyl (C=O) groups excluding carboxylic acids is 4. The second-order valence-electron chi connectivity index (χ2n) is 13.5. The zero-order valence-corrected chi connectivity index (χ0v) is 29.0. The predicted octanol–water partition coefficient (Wildman–Crippen LogP) is 3.51. The van der Waals surface area contributed by atoms with Crippen molar-refractivity contribution in [3.05, 3.63) is 83.9 Å². The predicted molar refractivity (Wildman–Crippen MR) is 190 cm³/mol. The summed E-state index contributed by atoms with van der Waals surface area (Å²) in [4.78, 5) is 56.7. The summed E-state index contributed by atoms with van der Waals surface area (Å²) < 4.78 is 0. The third-order valence-corrected chi connectivity index (χ3v) is 9.14. The van der Waals surface area contributed by atoms with E-state index in [4.69, 9.17) is 0 Å². The highest BCUT2D eigenvalue weighted by Crippen LogP contribution is 2.31. The number of amides is 4. The Labute approximate surface area is 284 Å². The van der Waals surface area contributed by atoms with E-state index in [0.717, 1.165) is 21.9 Å². The monoisotopic (exact) mass is 659 g/mol. The SMILES string of the molecule is CN[C@@H](C)C(=O)N[C@H](C(=O)N1C[C@H](Cc2ccccc2)C[C@H]1C(=O)N[C@@H](Cc1cccc2ccccc12)C(=O)NCCS)C(C)(C)C. The molecule has 0 aromatic heterocycles. The summed E-state index contributed by atoms with van der Waals surface area (Å²) in [5.74, 6) is -0.827. The highest BCUT2D eigenvalue weighted by atomic mass is 32.1. The topological polar surface area (TPSA) is 120 Å². The number of benzene rings is 3. The van der Waals surface area contributed by atoms with E-state index in [2.05, 4.69) is 33.9 Å². The molecular formula is C37H49N5O4S. The number of carbonyl (C=O) groups is 4. The first-order chi connectivity index (χ1) is 22.4. The summed E-state index contributed by atoms with van der Waals surface area (Å²) in [6, 6.07) is 20.9. The fraction of sp³-hybridized carbons (Fsp3) is 0.459. The molecule has 3 aromatic rings. The fourth-order valence-corrected chi connectivity index (χ4v) is 6.30. The Balaban J connectivity index is 1.64. The zero-order valence-electron chi connectivity index (χ0n) is 28.1. The maximum absolute atomic E-state index is 14.4. The standard InChI is InChI=1S/C37H49N5O4S/c1-24(38-5)33(43)41-32(37(2,3)4)36(46)42-23-26(20-25-12-7-6-8-13-25)21-31(42)35(45)40-30(34(44)39-18-19-47)22-28-16-11-15-27-14-9-10-17-29(27)28/h6-17,24,26,30-32,38,47H,18-23H2,1-5H3,(H,39,44)(H,40,45)(H,41,43)/t24-,26+,30-,31-,32+/m0/s1. The van der Waals surface area contributed by atoms with E-state index in [0.29, 0.717) is 31.7 Å². The van der Waals surface area contributed by atoms with Crippen molar-refractivity contribution < 1.29 is 19.2 Å². The van der Waals surface area contributed by atoms with Gasteiger partial charge in [-0.3, -0.25) is 19.2 Å². The molecule has 1 saturated heterocycles. The molecule has 4 N–H and O–H groups in total. The van der Waals surface area contributed by atoms with Gasteiger partial charge in [0.15, 0.2) is 0 Å². The molecule has 9 nitrogen and oxygen atoms in total. The Hall–Kier alpha value is -3.89. The van der Waals surface area contributed by atoms with E-state index in [-0.39, 0.29) is 36.0 Å². The molecule has 0 unspecified atom stereocenters. The van der Waals surface area contributed by atoms with Crippen LogP contribution in [0.4, 0.5) is 0 Å². The number of hydrogen-bond donors (Lipinski definition) is 5. The van der Waals surface area contributed by atoms with Crippen LogP contribution in [0.15, 0.2) is 72.8 Å². The van der Waals surface area contributed by atoms with Crippen LogP contribution in [0, 0.1) is 11.3 Å². The van der Waals surface area contributed by atoms with Crippen molar-refractivity contribution >= 4 is 47.0 Å². The summed E-state index contributed by atoms with van der Waals surface area (Å²) in [6.07, 6.45) is 1.41. The van der Waals surface area contributed by atoms with Gasteiger partial charge in [0.25, 0.3) is 0 Å². The van der Waals surface area contributed by atoms with Crippen molar-refractivity contribution in [3.63, 3.8) is 0 Å². The van der Waals surface area contributed by atoms with Gasteiger partial charge in [0, 0.05) is 25.3 Å². The number of nitrogens with zero attached hydrogens (tertiary/aromatic N) is 1. The van der Waals surface area contributed by atoms with E-state index >= 15 is 0 Å². The van der Waals surface area contributed by atoms with Crippen molar-refractivity contribution in [1.82, 2.24) is 26.2 Å². The van der Waals surface area contributed by atoms with E-state index in [1.54, 1.807) is 18.9 Å². The maximum atomic E-state index is 14.4. The highest BCUT2D eigenvalue weighted by molar-refractivity contribution is 7.80. The first kappa shape index (κ1) is 36.0. The number of thiol groups is 1. The van der Waals surface area contributed by atoms with Crippen molar-refractivity contribution in [2.45, 2.75) is 71.1 Å². The maximum Gasteiger partial charge on any atom is 0.246 e. The summed E-state index contributed by atoms with van der Waals surface area (Å²) in [5.41, 5.74) is 1.43. The fourth-order valence-electron chi connectivity index (χ4n) is 6.19. The molecule has 1 heterocycles. The Morgan fingerprint density at radius 1 is 0.915 bits per heavy atom. The molecule has 0 radical (unpaired) electrons. The van der Waals surface area contributed by atoms with Gasteiger partial charge in [0.05, 0.1) is 6.04 Å². The first-order valence-corrected chi connectivity index (χ1v) is 17.0. The molecule has 3 aromatic carbocycles. The molecule has 10 heteroatoms. The lowest BCUT2D eigenvalue weighted by Gasteiger charge is -2.36. The van der Waals surface area contributed by atoms with Gasteiger partial charge in [-0.15, -0.1) is 0 Å². The minimum atomic E-state index is -0.868. The molecule has 0 bridgehead atoms. The average Bonchev–Trinajstić information content (AvgIpc) is 3.48. The minimum absolute atomic E-state index is 0.0131. The summed E-state index contributed by atoms with van der Waals surface area (Å²) in [6.45, 7) is 8.15. The van der Waals surface area contributed by atoms with Gasteiger partial charge in [-0.2, -0.15) is 12.6 Å². The third-order valence-electron chi connectivity index (χ3n) is 8.91. The summed E-state index contributed by atoms with van der Waals surface area (Å²) in [5, 5.41) is 13.8. The number of hydrogen-bond acceptors (Lipinski definition) is 6. The van der Waals surface area contributed by atoms with Gasteiger partial charge in [0.2, 0.25) is 23.6 Å². The lowest BCUT2D eigenvalue weighted by molar-refractivity contribution is -0.144. The van der Waals surface area contributed by atoms with Crippen molar-refractivity contribution in [1.29, 1.82) is 0 Å². The molecule has 1 aliphatic heterocycles. The Kier molecular flexibility index (Phi) is 12.5. The van der Waals surface area contributed by atoms with E-state index in [1.165, 1.54) is 0 Å². The minimum Gasteiger partial charge on any atom is -0.353 e. The van der Waals surface area contributed by atoms with Crippen LogP contribution in [0.3, 0.4) is 0 Å². The van der Waals surface area contributed by atoms with E-state index in [1.807, 2.05) is 93.6 Å². The van der Waals surface area contributed by atoms with Crippen LogP contribution in [-0.4, -0.2) is 78.6 Å². The molecule has 0 spiro atoms. The van der Waals surface area contributed by atoms with Crippen LogP contribution in [0.25, 0.3) is 10.8 Å². The number of fused-ring (bicyclic) bond motifs is 1. The Morgan fingerprint density at radius 2 is 1.60 bits per heavy atom. The molecule has 47 heavy (non-hydrogen) atoms. The largest absolute Gasteiger partial charge is 0.353 e. The molecular weight excluding hydrogens is 611 g/mol. The Morgan fingerprint density at radius 3 is 2.28 bits per heavy atom. The molecule has 4 rings (SSSR count). The molecule has 4 amide bonds. The van der Waals surface area contributed by atoms with Crippen molar-refractivity contribution in [3.8, 4) is 0 Å². The normalized spacial score (nSPS) is 18.3. The number of likely N-dealkylation sites (N-methyl/N-ethyl adjacent to an activating group) is 1. The second kappa shape index (κ2) is 16.3. The van der Waals surface area contributed by atoms with Gasteiger partial charge in [-0.25, -0.2) is 0 Å². The van der Waals surface area contributed by atoms with Crippen LogP contribution in [0.5, 0.6) is 0 Å². The van der Waals surface area contributed by atoms with Crippen LogP contribution in [-0.2, 0) is 32.0 Å². The molecule has 5 atom stereocenters. The number of nitrogens with one attached hydrogen (secondary N) is 4. The van der Waals surface area contributed by atoms with Gasteiger partial charge < -0.3 is 26.2 Å².